The lowest BCUT2D eigenvalue weighted by atomic mass is 9.93. The van der Waals surface area contributed by atoms with Gasteiger partial charge in [-0.2, -0.15) is 0 Å². The fraction of sp³-hybridized carbons (Fsp3) is 0.471. The lowest BCUT2D eigenvalue weighted by molar-refractivity contribution is 0.0919. The topological polar surface area (TPSA) is 63.1 Å². The van der Waals surface area contributed by atoms with Gasteiger partial charge >= 0.3 is 0 Å². The SMILES string of the molecule is Cc1nc(C(=O)NCC(C)(C)CN(C)C)nn1-c1ccc(F)cc1. The number of hydrogen-bond acceptors (Lipinski definition) is 4. The number of aromatic nitrogens is 3. The van der Waals surface area contributed by atoms with Gasteiger partial charge in [0.2, 0.25) is 5.82 Å². The Morgan fingerprint density at radius 3 is 2.50 bits per heavy atom. The normalized spacial score (nSPS) is 11.8. The molecule has 24 heavy (non-hydrogen) atoms. The van der Waals surface area contributed by atoms with Crippen LogP contribution in [0.15, 0.2) is 24.3 Å². The van der Waals surface area contributed by atoms with Gasteiger partial charge in [0.05, 0.1) is 5.69 Å². The number of aryl methyl sites for hydroxylation is 1. The van der Waals surface area contributed by atoms with E-state index in [0.717, 1.165) is 6.54 Å². The summed E-state index contributed by atoms with van der Waals surface area (Å²) in [6, 6.07) is 5.89. The second-order valence-electron chi connectivity index (χ2n) is 6.96. The third kappa shape index (κ3) is 4.61. The van der Waals surface area contributed by atoms with E-state index in [0.29, 0.717) is 18.1 Å². The molecule has 0 aliphatic rings. The van der Waals surface area contributed by atoms with Gasteiger partial charge in [0.15, 0.2) is 0 Å². The van der Waals surface area contributed by atoms with Crippen LogP contribution in [0.3, 0.4) is 0 Å². The lowest BCUT2D eigenvalue weighted by Crippen LogP contribution is -2.40. The number of halogens is 1. The highest BCUT2D eigenvalue weighted by Crippen LogP contribution is 2.15. The van der Waals surface area contributed by atoms with E-state index in [1.54, 1.807) is 19.1 Å². The molecule has 2 rings (SSSR count). The largest absolute Gasteiger partial charge is 0.349 e. The number of rotatable bonds is 6. The lowest BCUT2D eigenvalue weighted by Gasteiger charge is -2.28. The molecule has 0 bridgehead atoms. The molecule has 0 aliphatic heterocycles. The molecule has 0 fully saturated rings. The molecule has 0 spiro atoms. The summed E-state index contributed by atoms with van der Waals surface area (Å²) in [6.07, 6.45) is 0. The maximum Gasteiger partial charge on any atom is 0.291 e. The minimum atomic E-state index is -0.322. The van der Waals surface area contributed by atoms with Crippen LogP contribution in [0.4, 0.5) is 4.39 Å². The molecule has 7 heteroatoms. The summed E-state index contributed by atoms with van der Waals surface area (Å²) in [7, 11) is 4.00. The summed E-state index contributed by atoms with van der Waals surface area (Å²) >= 11 is 0. The molecule has 6 nitrogen and oxygen atoms in total. The van der Waals surface area contributed by atoms with Crippen LogP contribution in [0.25, 0.3) is 5.69 Å². The van der Waals surface area contributed by atoms with E-state index >= 15 is 0 Å². The Balaban J connectivity index is 2.09. The van der Waals surface area contributed by atoms with Gasteiger partial charge in [-0.1, -0.05) is 13.8 Å². The van der Waals surface area contributed by atoms with Crippen molar-refractivity contribution in [3.63, 3.8) is 0 Å². The average molecular weight is 333 g/mol. The van der Waals surface area contributed by atoms with Gasteiger partial charge in [-0.25, -0.2) is 14.1 Å². The van der Waals surface area contributed by atoms with E-state index in [4.69, 9.17) is 0 Å². The van der Waals surface area contributed by atoms with Crippen molar-refractivity contribution in [3.8, 4) is 5.69 Å². The molecule has 1 aromatic carbocycles. The standard InChI is InChI=1S/C17H24FN5O/c1-12-20-15(16(24)19-10-17(2,3)11-22(4)5)21-23(12)14-8-6-13(18)7-9-14/h6-9H,10-11H2,1-5H3,(H,19,24). The Morgan fingerprint density at radius 2 is 1.92 bits per heavy atom. The highest BCUT2D eigenvalue weighted by Gasteiger charge is 2.22. The van der Waals surface area contributed by atoms with Crippen LogP contribution in [0.5, 0.6) is 0 Å². The summed E-state index contributed by atoms with van der Waals surface area (Å²) in [5.41, 5.74) is 0.599. The Morgan fingerprint density at radius 1 is 1.29 bits per heavy atom. The average Bonchev–Trinajstić information content (AvgIpc) is 2.86. The number of carbonyl (C=O) groups is 1. The van der Waals surface area contributed by atoms with Crippen LogP contribution in [0, 0.1) is 18.2 Å². The summed E-state index contributed by atoms with van der Waals surface area (Å²) in [5.74, 6) is 0.0418. The van der Waals surface area contributed by atoms with E-state index in [2.05, 4.69) is 34.1 Å². The van der Waals surface area contributed by atoms with Crippen molar-refractivity contribution in [1.29, 1.82) is 0 Å². The maximum absolute atomic E-state index is 13.0. The monoisotopic (exact) mass is 333 g/mol. The Labute approximate surface area is 141 Å². The van der Waals surface area contributed by atoms with Crippen molar-refractivity contribution < 1.29 is 9.18 Å². The first-order valence-corrected chi connectivity index (χ1v) is 7.80. The van der Waals surface area contributed by atoms with Crippen LogP contribution >= 0.6 is 0 Å². The quantitative estimate of drug-likeness (QED) is 0.879. The third-order valence-corrected chi connectivity index (χ3v) is 3.51. The Bertz CT molecular complexity index is 706. The van der Waals surface area contributed by atoms with Gasteiger partial charge < -0.3 is 10.2 Å². The molecular weight excluding hydrogens is 309 g/mol. The number of carbonyl (C=O) groups excluding carboxylic acids is 1. The van der Waals surface area contributed by atoms with E-state index in [9.17, 15) is 9.18 Å². The zero-order chi connectivity index (χ0) is 17.9. The van der Waals surface area contributed by atoms with Crippen molar-refractivity contribution >= 4 is 5.91 Å². The molecule has 1 heterocycles. The first-order valence-electron chi connectivity index (χ1n) is 7.80. The fourth-order valence-electron chi connectivity index (χ4n) is 2.62. The summed E-state index contributed by atoms with van der Waals surface area (Å²) < 4.78 is 14.6. The molecule has 0 saturated carbocycles. The number of nitrogens with zero attached hydrogens (tertiary/aromatic N) is 4. The molecule has 0 radical (unpaired) electrons. The maximum atomic E-state index is 13.0. The van der Waals surface area contributed by atoms with Gasteiger partial charge in [-0.05, 0) is 50.7 Å². The van der Waals surface area contributed by atoms with Gasteiger partial charge in [-0.15, -0.1) is 5.10 Å². The van der Waals surface area contributed by atoms with Gasteiger partial charge in [0, 0.05) is 13.1 Å². The number of benzene rings is 1. The summed E-state index contributed by atoms with van der Waals surface area (Å²) in [4.78, 5) is 18.6. The fourth-order valence-corrected chi connectivity index (χ4v) is 2.62. The molecular formula is C17H24FN5O. The first-order chi connectivity index (χ1) is 11.2. The van der Waals surface area contributed by atoms with Crippen molar-refractivity contribution in [1.82, 2.24) is 25.0 Å². The number of hydrogen-bond donors (Lipinski definition) is 1. The Kier molecular flexibility index (Phi) is 5.33. The summed E-state index contributed by atoms with van der Waals surface area (Å²) in [5, 5.41) is 7.11. The van der Waals surface area contributed by atoms with Crippen molar-refractivity contribution in [3.05, 3.63) is 41.7 Å². The molecule has 1 amide bonds. The molecule has 0 aliphatic carbocycles. The van der Waals surface area contributed by atoms with E-state index < -0.39 is 0 Å². The first kappa shape index (κ1) is 18.1. The third-order valence-electron chi connectivity index (χ3n) is 3.51. The summed E-state index contributed by atoms with van der Waals surface area (Å²) in [6.45, 7) is 7.30. The van der Waals surface area contributed by atoms with Gasteiger partial charge in [0.25, 0.3) is 5.91 Å². The van der Waals surface area contributed by atoms with Crippen molar-refractivity contribution in [2.24, 2.45) is 5.41 Å². The molecule has 0 saturated heterocycles. The zero-order valence-electron chi connectivity index (χ0n) is 14.8. The predicted octanol–water partition coefficient (Wildman–Crippen LogP) is 2.03. The van der Waals surface area contributed by atoms with Crippen molar-refractivity contribution in [2.75, 3.05) is 27.2 Å². The zero-order valence-corrected chi connectivity index (χ0v) is 14.8. The Hall–Kier alpha value is -2.28. The molecule has 0 unspecified atom stereocenters. The molecule has 1 N–H and O–H groups in total. The van der Waals surface area contributed by atoms with Crippen LogP contribution in [-0.2, 0) is 0 Å². The van der Waals surface area contributed by atoms with E-state index in [1.807, 2.05) is 14.1 Å². The minimum Gasteiger partial charge on any atom is -0.349 e. The van der Waals surface area contributed by atoms with Crippen LogP contribution in [0.2, 0.25) is 0 Å². The van der Waals surface area contributed by atoms with E-state index in [1.165, 1.54) is 16.8 Å². The second kappa shape index (κ2) is 7.09. The van der Waals surface area contributed by atoms with Crippen LogP contribution < -0.4 is 5.32 Å². The predicted molar refractivity (Wildman–Crippen MR) is 90.7 cm³/mol. The van der Waals surface area contributed by atoms with E-state index in [-0.39, 0.29) is 23.0 Å². The highest BCUT2D eigenvalue weighted by molar-refractivity contribution is 5.90. The van der Waals surface area contributed by atoms with Crippen molar-refractivity contribution in [2.45, 2.75) is 20.8 Å². The number of nitrogens with one attached hydrogen (secondary N) is 1. The highest BCUT2D eigenvalue weighted by atomic mass is 19.1. The smallest absolute Gasteiger partial charge is 0.291 e. The minimum absolute atomic E-state index is 0.0618. The molecule has 0 atom stereocenters. The molecule has 2 aromatic rings. The number of amides is 1. The second-order valence-corrected chi connectivity index (χ2v) is 6.96. The van der Waals surface area contributed by atoms with Crippen LogP contribution in [0.1, 0.15) is 30.3 Å². The molecule has 130 valence electrons. The van der Waals surface area contributed by atoms with Crippen LogP contribution in [-0.4, -0.2) is 52.8 Å². The van der Waals surface area contributed by atoms with Gasteiger partial charge in [0.1, 0.15) is 11.6 Å². The molecule has 1 aromatic heterocycles. The van der Waals surface area contributed by atoms with Gasteiger partial charge in [-0.3, -0.25) is 4.79 Å².